The fraction of sp³-hybridized carbons (Fsp3) is 0.316. The van der Waals surface area contributed by atoms with E-state index in [1.807, 2.05) is 24.3 Å². The van der Waals surface area contributed by atoms with E-state index >= 15 is 0 Å². The maximum absolute atomic E-state index is 11.8. The number of nitrogens with one attached hydrogen (secondary N) is 1. The van der Waals surface area contributed by atoms with Crippen molar-refractivity contribution in [3.8, 4) is 0 Å². The molecule has 142 valence electrons. The molecular weight excluding hydrogens is 364 g/mol. The maximum Gasteiger partial charge on any atom is 0.271 e. The van der Waals surface area contributed by atoms with Gasteiger partial charge in [-0.1, -0.05) is 18.2 Å². The van der Waals surface area contributed by atoms with Gasteiger partial charge in [-0.15, -0.1) is 0 Å². The highest BCUT2D eigenvalue weighted by Gasteiger charge is 2.18. The van der Waals surface area contributed by atoms with Gasteiger partial charge in [-0.25, -0.2) is 9.97 Å². The molecule has 8 heteroatoms. The molecule has 3 N–H and O–H groups in total. The van der Waals surface area contributed by atoms with Crippen molar-refractivity contribution in [1.82, 2.24) is 14.9 Å². The van der Waals surface area contributed by atoms with Crippen LogP contribution in [0, 0.1) is 0 Å². The minimum absolute atomic E-state index is 0.0283. The van der Waals surface area contributed by atoms with E-state index < -0.39 is 5.91 Å². The third kappa shape index (κ3) is 4.37. The predicted octanol–water partition coefficient (Wildman–Crippen LogP) is 2.76. The average molecular weight is 387 g/mol. The Morgan fingerprint density at radius 3 is 2.33 bits per heavy atom. The van der Waals surface area contributed by atoms with Gasteiger partial charge in [0, 0.05) is 37.6 Å². The van der Waals surface area contributed by atoms with Crippen molar-refractivity contribution in [3.63, 3.8) is 0 Å². The van der Waals surface area contributed by atoms with Crippen LogP contribution in [0.2, 0.25) is 5.15 Å². The zero-order valence-corrected chi connectivity index (χ0v) is 16.3. The summed E-state index contributed by atoms with van der Waals surface area (Å²) in [7, 11) is 2.13. The molecule has 1 saturated heterocycles. The summed E-state index contributed by atoms with van der Waals surface area (Å²) in [5, 5.41) is 3.25. The van der Waals surface area contributed by atoms with Gasteiger partial charge < -0.3 is 20.9 Å². The van der Waals surface area contributed by atoms with Gasteiger partial charge in [0.2, 0.25) is 0 Å². The summed E-state index contributed by atoms with van der Waals surface area (Å²) in [6.07, 6.45) is 0. The van der Waals surface area contributed by atoms with E-state index in [2.05, 4.69) is 38.7 Å². The Bertz CT molecular complexity index is 859. The van der Waals surface area contributed by atoms with Crippen molar-refractivity contribution in [2.24, 2.45) is 5.73 Å². The number of likely N-dealkylation sites (N-methyl/N-ethyl adjacent to an activating group) is 1. The number of hydrogen-bond acceptors (Lipinski definition) is 6. The van der Waals surface area contributed by atoms with Crippen molar-refractivity contribution >= 4 is 40.3 Å². The molecule has 3 rings (SSSR count). The Morgan fingerprint density at radius 1 is 1.15 bits per heavy atom. The first-order chi connectivity index (χ1) is 12.8. The number of allylic oxidation sites excluding steroid dienone is 1. The van der Waals surface area contributed by atoms with Crippen LogP contribution >= 0.6 is 11.6 Å². The minimum Gasteiger partial charge on any atom is -0.369 e. The lowest BCUT2D eigenvalue weighted by atomic mass is 10.2. The average Bonchev–Trinajstić information content (AvgIpc) is 2.62. The van der Waals surface area contributed by atoms with Crippen LogP contribution < -0.4 is 16.0 Å². The number of rotatable bonds is 5. The number of nitrogens with zero attached hydrogens (tertiary/aromatic N) is 4. The largest absolute Gasteiger partial charge is 0.369 e. The molecule has 1 aliphatic heterocycles. The van der Waals surface area contributed by atoms with Gasteiger partial charge in [0.1, 0.15) is 5.69 Å². The number of nitrogens with two attached hydrogens (primary N) is 1. The van der Waals surface area contributed by atoms with Gasteiger partial charge in [0.25, 0.3) is 5.91 Å². The normalized spacial score (nSPS) is 14.9. The lowest BCUT2D eigenvalue weighted by molar-refractivity contribution is 0.0996. The minimum atomic E-state index is -0.682. The lowest BCUT2D eigenvalue weighted by Gasteiger charge is -2.34. The SMILES string of the molecule is C=C(C)c1nc(C(N)=O)c(Nc2ccc(N3CCN(C)CC3)cc2)nc1Cl. The topological polar surface area (TPSA) is 87.4 Å². The highest BCUT2D eigenvalue weighted by Crippen LogP contribution is 2.26. The van der Waals surface area contributed by atoms with Crippen LogP contribution in [-0.4, -0.2) is 54.0 Å². The highest BCUT2D eigenvalue weighted by atomic mass is 35.5. The summed E-state index contributed by atoms with van der Waals surface area (Å²) in [6, 6.07) is 7.94. The molecule has 7 nitrogen and oxygen atoms in total. The lowest BCUT2D eigenvalue weighted by Crippen LogP contribution is -2.44. The molecule has 0 bridgehead atoms. The standard InChI is InChI=1S/C19H23ClN6O/c1-12(2)15-17(20)24-19(16(23-15)18(21)27)22-13-4-6-14(7-5-13)26-10-8-25(3)9-11-26/h4-7H,1,8-11H2,2-3H3,(H2,21,27)(H,22,24). The summed E-state index contributed by atoms with van der Waals surface area (Å²) in [5.41, 5.74) is 8.38. The third-order valence-electron chi connectivity index (χ3n) is 4.49. The van der Waals surface area contributed by atoms with E-state index in [0.29, 0.717) is 11.3 Å². The second kappa shape index (κ2) is 7.94. The third-order valence-corrected chi connectivity index (χ3v) is 4.75. The van der Waals surface area contributed by atoms with Crippen LogP contribution in [0.25, 0.3) is 5.57 Å². The van der Waals surface area contributed by atoms with Crippen molar-refractivity contribution < 1.29 is 4.79 Å². The molecule has 2 heterocycles. The summed E-state index contributed by atoms with van der Waals surface area (Å²) in [5.74, 6) is -0.455. The fourth-order valence-corrected chi connectivity index (χ4v) is 3.19. The van der Waals surface area contributed by atoms with E-state index in [1.54, 1.807) is 6.92 Å². The molecule has 27 heavy (non-hydrogen) atoms. The molecule has 0 saturated carbocycles. The number of primary amides is 1. The Hall–Kier alpha value is -2.64. The molecular formula is C19H23ClN6O. The van der Waals surface area contributed by atoms with E-state index in [0.717, 1.165) is 37.6 Å². The van der Waals surface area contributed by atoms with Crippen LogP contribution in [0.15, 0.2) is 30.8 Å². The first-order valence-corrected chi connectivity index (χ1v) is 9.06. The molecule has 0 aliphatic carbocycles. The Balaban J connectivity index is 1.81. The number of aromatic nitrogens is 2. The van der Waals surface area contributed by atoms with Crippen LogP contribution in [0.4, 0.5) is 17.2 Å². The summed E-state index contributed by atoms with van der Waals surface area (Å²) >= 11 is 6.17. The second-order valence-electron chi connectivity index (χ2n) is 6.67. The quantitative estimate of drug-likeness (QED) is 0.821. The Kier molecular flexibility index (Phi) is 5.62. The number of benzene rings is 1. The van der Waals surface area contributed by atoms with E-state index in [1.165, 1.54) is 0 Å². The first-order valence-electron chi connectivity index (χ1n) is 8.69. The summed E-state index contributed by atoms with van der Waals surface area (Å²) in [4.78, 5) is 24.9. The Labute approximate surface area is 163 Å². The molecule has 1 aliphatic rings. The molecule has 2 aromatic rings. The van der Waals surface area contributed by atoms with Crippen molar-refractivity contribution in [2.45, 2.75) is 6.92 Å². The smallest absolute Gasteiger partial charge is 0.271 e. The number of anilines is 3. The first kappa shape index (κ1) is 19.1. The van der Waals surface area contributed by atoms with Crippen LogP contribution in [-0.2, 0) is 0 Å². The van der Waals surface area contributed by atoms with E-state index in [-0.39, 0.29) is 16.7 Å². The van der Waals surface area contributed by atoms with Crippen LogP contribution in [0.3, 0.4) is 0 Å². The molecule has 1 aromatic heterocycles. The zero-order chi connectivity index (χ0) is 19.6. The molecule has 1 amide bonds. The van der Waals surface area contributed by atoms with Gasteiger partial charge >= 0.3 is 0 Å². The number of hydrogen-bond donors (Lipinski definition) is 2. The molecule has 0 spiro atoms. The molecule has 1 fully saturated rings. The van der Waals surface area contributed by atoms with E-state index in [9.17, 15) is 4.79 Å². The van der Waals surface area contributed by atoms with Gasteiger partial charge in [-0.3, -0.25) is 4.79 Å². The maximum atomic E-state index is 11.8. The van der Waals surface area contributed by atoms with Crippen LogP contribution in [0.5, 0.6) is 0 Å². The van der Waals surface area contributed by atoms with Gasteiger partial charge in [-0.05, 0) is 43.8 Å². The number of amides is 1. The predicted molar refractivity (Wildman–Crippen MR) is 110 cm³/mol. The molecule has 1 aromatic carbocycles. The van der Waals surface area contributed by atoms with Gasteiger partial charge in [0.15, 0.2) is 16.7 Å². The fourth-order valence-electron chi connectivity index (χ4n) is 2.90. The van der Waals surface area contributed by atoms with Crippen LogP contribution in [0.1, 0.15) is 23.1 Å². The van der Waals surface area contributed by atoms with Gasteiger partial charge in [-0.2, -0.15) is 0 Å². The second-order valence-corrected chi connectivity index (χ2v) is 7.03. The van der Waals surface area contributed by atoms with Crippen molar-refractivity contribution in [2.75, 3.05) is 43.4 Å². The summed E-state index contributed by atoms with van der Waals surface area (Å²) in [6.45, 7) is 9.62. The number of carbonyl (C=O) groups excluding carboxylic acids is 1. The monoisotopic (exact) mass is 386 g/mol. The number of carbonyl (C=O) groups is 1. The van der Waals surface area contributed by atoms with Crippen molar-refractivity contribution in [3.05, 3.63) is 47.4 Å². The molecule has 0 atom stereocenters. The van der Waals surface area contributed by atoms with Gasteiger partial charge in [0.05, 0.1) is 0 Å². The Morgan fingerprint density at radius 2 is 1.78 bits per heavy atom. The highest BCUT2D eigenvalue weighted by molar-refractivity contribution is 6.31. The van der Waals surface area contributed by atoms with E-state index in [4.69, 9.17) is 17.3 Å². The number of piperazine rings is 1. The molecule has 0 unspecified atom stereocenters. The molecule has 0 radical (unpaired) electrons. The zero-order valence-electron chi connectivity index (χ0n) is 15.5. The number of halogens is 1. The summed E-state index contributed by atoms with van der Waals surface area (Å²) < 4.78 is 0. The van der Waals surface area contributed by atoms with Crippen molar-refractivity contribution in [1.29, 1.82) is 0 Å².